The van der Waals surface area contributed by atoms with Crippen LogP contribution in [0.1, 0.15) is 56.3 Å². The van der Waals surface area contributed by atoms with Crippen molar-refractivity contribution in [2.24, 2.45) is 5.41 Å². The SMILES string of the molecule is CC(C)(C)[C@H](Oc1cccc(C(CN2CCCC2)NC(=O)Cc2ccc3oc(=O)n(Cc4ccccc4)c3c2)c1)C(=O)O. The van der Waals surface area contributed by atoms with Crippen molar-refractivity contribution in [3.05, 3.63) is 100 Å². The van der Waals surface area contributed by atoms with Crippen molar-refractivity contribution < 1.29 is 23.8 Å². The van der Waals surface area contributed by atoms with Gasteiger partial charge in [0.05, 0.1) is 24.5 Å². The number of rotatable bonds is 11. The van der Waals surface area contributed by atoms with E-state index in [0.717, 1.165) is 42.6 Å². The van der Waals surface area contributed by atoms with Crippen LogP contribution in [0.2, 0.25) is 0 Å². The number of hydrogen-bond acceptors (Lipinski definition) is 6. The Hall–Kier alpha value is -4.37. The Morgan fingerprint density at radius 2 is 1.72 bits per heavy atom. The van der Waals surface area contributed by atoms with Gasteiger partial charge in [0.2, 0.25) is 5.91 Å². The van der Waals surface area contributed by atoms with Crippen molar-refractivity contribution >= 4 is 23.0 Å². The van der Waals surface area contributed by atoms with Crippen LogP contribution in [-0.2, 0) is 22.6 Å². The summed E-state index contributed by atoms with van der Waals surface area (Å²) in [4.78, 5) is 40.3. The van der Waals surface area contributed by atoms with Gasteiger partial charge in [-0.2, -0.15) is 0 Å². The number of carbonyl (C=O) groups is 2. The van der Waals surface area contributed by atoms with Gasteiger partial charge in [0.25, 0.3) is 0 Å². The van der Waals surface area contributed by atoms with E-state index in [0.29, 0.717) is 29.9 Å². The highest BCUT2D eigenvalue weighted by atomic mass is 16.5. The number of oxazole rings is 1. The van der Waals surface area contributed by atoms with Gasteiger partial charge in [0.1, 0.15) is 5.75 Å². The van der Waals surface area contributed by atoms with E-state index in [-0.39, 0.29) is 18.4 Å². The Kier molecular flexibility index (Phi) is 9.01. The molecule has 2 N–H and O–H groups in total. The van der Waals surface area contributed by atoms with Gasteiger partial charge in [-0.1, -0.05) is 69.3 Å². The van der Waals surface area contributed by atoms with Crippen LogP contribution in [-0.4, -0.2) is 52.2 Å². The first kappa shape index (κ1) is 30.1. The van der Waals surface area contributed by atoms with Crippen molar-refractivity contribution in [2.45, 2.75) is 58.7 Å². The molecule has 9 nitrogen and oxygen atoms in total. The molecular formula is C34H39N3O6. The lowest BCUT2D eigenvalue weighted by atomic mass is 9.89. The standard InChI is InChI=1S/C34H39N3O6/c1-34(2,3)31(32(39)40)42-26-13-9-12-25(20-26)27(22-36-16-7-8-17-36)35-30(38)19-24-14-15-29-28(18-24)37(33(41)43-29)21-23-10-5-4-6-11-23/h4-6,9-15,18,20,27,31H,7-8,16-17,19,21-22H2,1-3H3,(H,35,38)(H,39,40)/t27?,31-/m1/s1. The van der Waals surface area contributed by atoms with E-state index >= 15 is 0 Å². The number of benzene rings is 3. The van der Waals surface area contributed by atoms with Gasteiger partial charge < -0.3 is 24.5 Å². The van der Waals surface area contributed by atoms with Crippen LogP contribution in [0.15, 0.2) is 82.0 Å². The number of fused-ring (bicyclic) bond motifs is 1. The number of hydrogen-bond donors (Lipinski definition) is 2. The fourth-order valence-corrected chi connectivity index (χ4v) is 5.56. The second-order valence-electron chi connectivity index (χ2n) is 12.3. The zero-order valence-corrected chi connectivity index (χ0v) is 24.9. The smallest absolute Gasteiger partial charge is 0.420 e. The molecule has 43 heavy (non-hydrogen) atoms. The number of carbonyl (C=O) groups excluding carboxylic acids is 1. The highest BCUT2D eigenvalue weighted by Crippen LogP contribution is 2.28. The zero-order valence-electron chi connectivity index (χ0n) is 24.9. The number of nitrogens with one attached hydrogen (secondary N) is 1. The van der Waals surface area contributed by atoms with Gasteiger partial charge in [0.15, 0.2) is 11.7 Å². The number of nitrogens with zero attached hydrogens (tertiary/aromatic N) is 2. The maximum absolute atomic E-state index is 13.4. The average Bonchev–Trinajstić information content (AvgIpc) is 3.59. The number of aliphatic carboxylic acids is 1. The molecular weight excluding hydrogens is 546 g/mol. The van der Waals surface area contributed by atoms with E-state index in [1.165, 1.54) is 0 Å². The summed E-state index contributed by atoms with van der Waals surface area (Å²) in [5.41, 5.74) is 3.10. The summed E-state index contributed by atoms with van der Waals surface area (Å²) in [6.07, 6.45) is 1.33. The molecule has 4 aromatic rings. The van der Waals surface area contributed by atoms with Gasteiger partial charge in [-0.25, -0.2) is 9.59 Å². The molecule has 0 radical (unpaired) electrons. The van der Waals surface area contributed by atoms with E-state index < -0.39 is 23.2 Å². The molecule has 1 unspecified atom stereocenters. The fraction of sp³-hybridized carbons (Fsp3) is 0.382. The third-order valence-electron chi connectivity index (χ3n) is 7.78. The third-order valence-corrected chi connectivity index (χ3v) is 7.78. The molecule has 1 fully saturated rings. The highest BCUT2D eigenvalue weighted by molar-refractivity contribution is 5.81. The van der Waals surface area contributed by atoms with Crippen LogP contribution in [0.4, 0.5) is 0 Å². The van der Waals surface area contributed by atoms with Crippen molar-refractivity contribution in [3.63, 3.8) is 0 Å². The second-order valence-corrected chi connectivity index (χ2v) is 12.3. The lowest BCUT2D eigenvalue weighted by Crippen LogP contribution is -2.39. The van der Waals surface area contributed by atoms with E-state index in [4.69, 9.17) is 9.15 Å². The predicted octanol–water partition coefficient (Wildman–Crippen LogP) is 5.02. The number of carboxylic acid groups (broad SMARTS) is 1. The summed E-state index contributed by atoms with van der Waals surface area (Å²) in [7, 11) is 0. The van der Waals surface area contributed by atoms with Crippen LogP contribution in [0, 0.1) is 5.41 Å². The molecule has 2 heterocycles. The first-order chi connectivity index (χ1) is 20.6. The Bertz CT molecular complexity index is 1630. The largest absolute Gasteiger partial charge is 0.478 e. The molecule has 1 aromatic heterocycles. The van der Waals surface area contributed by atoms with Gasteiger partial charge in [-0.05, 0) is 66.9 Å². The maximum Gasteiger partial charge on any atom is 0.420 e. The Morgan fingerprint density at radius 3 is 2.42 bits per heavy atom. The lowest BCUT2D eigenvalue weighted by Gasteiger charge is -2.28. The van der Waals surface area contributed by atoms with Gasteiger partial charge >= 0.3 is 11.7 Å². The molecule has 5 rings (SSSR count). The summed E-state index contributed by atoms with van der Waals surface area (Å²) in [6.45, 7) is 8.41. The van der Waals surface area contributed by atoms with Crippen LogP contribution < -0.4 is 15.8 Å². The van der Waals surface area contributed by atoms with Crippen LogP contribution >= 0.6 is 0 Å². The molecule has 1 aliphatic rings. The predicted molar refractivity (Wildman–Crippen MR) is 164 cm³/mol. The first-order valence-electron chi connectivity index (χ1n) is 14.7. The van der Waals surface area contributed by atoms with Crippen LogP contribution in [0.5, 0.6) is 5.75 Å². The van der Waals surface area contributed by atoms with Crippen molar-refractivity contribution in [1.29, 1.82) is 0 Å². The van der Waals surface area contributed by atoms with E-state index in [1.54, 1.807) is 22.8 Å². The topological polar surface area (TPSA) is 114 Å². The number of ether oxygens (including phenoxy) is 1. The quantitative estimate of drug-likeness (QED) is 0.254. The fourth-order valence-electron chi connectivity index (χ4n) is 5.56. The van der Waals surface area contributed by atoms with E-state index in [1.807, 2.05) is 75.4 Å². The normalized spacial score (nSPS) is 15.3. The molecule has 1 aliphatic heterocycles. The molecule has 226 valence electrons. The minimum Gasteiger partial charge on any atom is -0.478 e. The number of likely N-dealkylation sites (tertiary alicyclic amines) is 1. The zero-order chi connectivity index (χ0) is 30.6. The van der Waals surface area contributed by atoms with Crippen molar-refractivity contribution in [2.75, 3.05) is 19.6 Å². The molecule has 2 atom stereocenters. The first-order valence-corrected chi connectivity index (χ1v) is 14.7. The Labute approximate surface area is 251 Å². The van der Waals surface area contributed by atoms with Crippen LogP contribution in [0.3, 0.4) is 0 Å². The summed E-state index contributed by atoms with van der Waals surface area (Å²) in [5, 5.41) is 12.9. The summed E-state index contributed by atoms with van der Waals surface area (Å²) in [5.74, 6) is -1.18. The molecule has 0 aliphatic carbocycles. The number of aromatic nitrogens is 1. The average molecular weight is 586 g/mol. The Morgan fingerprint density at radius 1 is 0.977 bits per heavy atom. The maximum atomic E-state index is 13.4. The van der Waals surface area contributed by atoms with Crippen molar-refractivity contribution in [1.82, 2.24) is 14.8 Å². The number of amides is 1. The third kappa shape index (κ3) is 7.53. The molecule has 0 saturated carbocycles. The van der Waals surface area contributed by atoms with Crippen molar-refractivity contribution in [3.8, 4) is 5.75 Å². The molecule has 0 spiro atoms. The minimum atomic E-state index is -1.02. The summed E-state index contributed by atoms with van der Waals surface area (Å²) >= 11 is 0. The molecule has 1 saturated heterocycles. The monoisotopic (exact) mass is 585 g/mol. The molecule has 1 amide bonds. The van der Waals surface area contributed by atoms with Gasteiger partial charge in [-0.3, -0.25) is 9.36 Å². The second kappa shape index (κ2) is 12.9. The molecule has 3 aromatic carbocycles. The van der Waals surface area contributed by atoms with Crippen LogP contribution in [0.25, 0.3) is 11.1 Å². The van der Waals surface area contributed by atoms with Gasteiger partial charge in [-0.15, -0.1) is 0 Å². The number of carboxylic acids is 1. The summed E-state index contributed by atoms with van der Waals surface area (Å²) in [6, 6.07) is 22.1. The Balaban J connectivity index is 1.35. The minimum absolute atomic E-state index is 0.123. The molecule has 0 bridgehead atoms. The summed E-state index contributed by atoms with van der Waals surface area (Å²) < 4.78 is 13.0. The highest BCUT2D eigenvalue weighted by Gasteiger charge is 2.33. The molecule has 9 heteroatoms. The van der Waals surface area contributed by atoms with E-state index in [2.05, 4.69) is 10.2 Å². The van der Waals surface area contributed by atoms with Gasteiger partial charge in [0, 0.05) is 12.0 Å². The van der Waals surface area contributed by atoms with E-state index in [9.17, 15) is 19.5 Å². The lowest BCUT2D eigenvalue weighted by molar-refractivity contribution is -0.150.